The minimum Gasteiger partial charge on any atom is -0.507 e. The highest BCUT2D eigenvalue weighted by atomic mass is 35.5. The van der Waals surface area contributed by atoms with Gasteiger partial charge in [0.05, 0.1) is 11.1 Å². The molecule has 0 atom stereocenters. The van der Waals surface area contributed by atoms with Gasteiger partial charge in [0.1, 0.15) is 5.75 Å². The van der Waals surface area contributed by atoms with Crippen LogP contribution < -0.4 is 11.1 Å². The molecule has 2 aromatic carbocycles. The SMILES string of the molecule is Nc1ccnc2cc(NC(=O)c3cc(Cl)ccc3O)ccc12. The Kier molecular flexibility index (Phi) is 3.56. The van der Waals surface area contributed by atoms with Crippen LogP contribution in [0.1, 0.15) is 10.4 Å². The summed E-state index contributed by atoms with van der Waals surface area (Å²) in [6.07, 6.45) is 1.60. The fourth-order valence-electron chi connectivity index (χ4n) is 2.14. The molecule has 0 radical (unpaired) electrons. The molecule has 0 fully saturated rings. The summed E-state index contributed by atoms with van der Waals surface area (Å²) in [5.74, 6) is -0.590. The van der Waals surface area contributed by atoms with Gasteiger partial charge in [-0.2, -0.15) is 0 Å². The van der Waals surface area contributed by atoms with Gasteiger partial charge in [-0.25, -0.2) is 0 Å². The van der Waals surface area contributed by atoms with E-state index in [1.54, 1.807) is 30.5 Å². The van der Waals surface area contributed by atoms with Crippen LogP contribution in [0.5, 0.6) is 5.75 Å². The maximum Gasteiger partial charge on any atom is 0.259 e. The van der Waals surface area contributed by atoms with Crippen molar-refractivity contribution in [2.24, 2.45) is 0 Å². The molecule has 1 aromatic heterocycles. The van der Waals surface area contributed by atoms with E-state index >= 15 is 0 Å². The van der Waals surface area contributed by atoms with Gasteiger partial charge >= 0.3 is 0 Å². The standard InChI is InChI=1S/C16H12ClN3O2/c17-9-1-4-15(21)12(7-9)16(22)20-10-2-3-11-13(18)5-6-19-14(11)8-10/h1-8,21H,(H2,18,19)(H,20,22). The van der Waals surface area contributed by atoms with Gasteiger partial charge in [0.15, 0.2) is 0 Å². The number of amides is 1. The van der Waals surface area contributed by atoms with E-state index in [2.05, 4.69) is 10.3 Å². The monoisotopic (exact) mass is 313 g/mol. The summed E-state index contributed by atoms with van der Waals surface area (Å²) in [7, 11) is 0. The van der Waals surface area contributed by atoms with E-state index in [4.69, 9.17) is 17.3 Å². The number of nitrogens with two attached hydrogens (primary N) is 1. The second-order valence-electron chi connectivity index (χ2n) is 4.75. The van der Waals surface area contributed by atoms with Crippen LogP contribution in [0, 0.1) is 0 Å². The van der Waals surface area contributed by atoms with Gasteiger partial charge in [-0.15, -0.1) is 0 Å². The van der Waals surface area contributed by atoms with Crippen LogP contribution in [0.4, 0.5) is 11.4 Å². The minimum absolute atomic E-state index is 0.105. The summed E-state index contributed by atoms with van der Waals surface area (Å²) < 4.78 is 0. The summed E-state index contributed by atoms with van der Waals surface area (Å²) in [5, 5.41) is 13.6. The van der Waals surface area contributed by atoms with E-state index in [0.29, 0.717) is 21.9 Å². The summed E-state index contributed by atoms with van der Waals surface area (Å²) in [5.41, 5.74) is 7.81. The minimum atomic E-state index is -0.455. The number of benzene rings is 2. The van der Waals surface area contributed by atoms with Crippen molar-refractivity contribution in [3.63, 3.8) is 0 Å². The van der Waals surface area contributed by atoms with Crippen molar-refractivity contribution in [1.29, 1.82) is 0 Å². The van der Waals surface area contributed by atoms with Crippen LogP contribution >= 0.6 is 11.6 Å². The van der Waals surface area contributed by atoms with Crippen molar-refractivity contribution < 1.29 is 9.90 Å². The molecule has 0 saturated carbocycles. The first-order valence-electron chi connectivity index (χ1n) is 6.49. The lowest BCUT2D eigenvalue weighted by atomic mass is 10.1. The van der Waals surface area contributed by atoms with Crippen LogP contribution in [0.3, 0.4) is 0 Å². The van der Waals surface area contributed by atoms with Crippen molar-refractivity contribution in [3.8, 4) is 5.75 Å². The molecule has 6 heteroatoms. The quantitative estimate of drug-likeness (QED) is 0.676. The van der Waals surface area contributed by atoms with Crippen molar-refractivity contribution in [2.75, 3.05) is 11.1 Å². The highest BCUT2D eigenvalue weighted by molar-refractivity contribution is 6.31. The molecule has 0 bridgehead atoms. The number of phenols is 1. The topological polar surface area (TPSA) is 88.2 Å². The number of carbonyl (C=O) groups excluding carboxylic acids is 1. The summed E-state index contributed by atoms with van der Waals surface area (Å²) in [6, 6.07) is 11.2. The van der Waals surface area contributed by atoms with E-state index < -0.39 is 5.91 Å². The van der Waals surface area contributed by atoms with Crippen molar-refractivity contribution in [2.45, 2.75) is 0 Å². The van der Waals surface area contributed by atoms with Crippen LogP contribution in [-0.4, -0.2) is 16.0 Å². The van der Waals surface area contributed by atoms with Gasteiger partial charge in [0, 0.05) is 28.0 Å². The molecule has 5 nitrogen and oxygen atoms in total. The maximum atomic E-state index is 12.2. The Morgan fingerprint density at radius 2 is 2.00 bits per heavy atom. The zero-order valence-corrected chi connectivity index (χ0v) is 12.1. The molecule has 0 aliphatic rings. The van der Waals surface area contributed by atoms with E-state index in [0.717, 1.165) is 5.39 Å². The van der Waals surface area contributed by atoms with E-state index in [-0.39, 0.29) is 11.3 Å². The smallest absolute Gasteiger partial charge is 0.259 e. The summed E-state index contributed by atoms with van der Waals surface area (Å²) in [4.78, 5) is 16.4. The molecular formula is C16H12ClN3O2. The molecule has 1 amide bonds. The average Bonchev–Trinajstić information content (AvgIpc) is 2.50. The number of rotatable bonds is 2. The molecule has 3 rings (SSSR count). The summed E-state index contributed by atoms with van der Waals surface area (Å²) in [6.45, 7) is 0. The van der Waals surface area contributed by atoms with Gasteiger partial charge in [-0.05, 0) is 42.5 Å². The van der Waals surface area contributed by atoms with Gasteiger partial charge in [0.2, 0.25) is 0 Å². The Morgan fingerprint density at radius 3 is 2.82 bits per heavy atom. The average molecular weight is 314 g/mol. The molecule has 0 unspecified atom stereocenters. The number of aromatic hydroxyl groups is 1. The zero-order chi connectivity index (χ0) is 15.7. The van der Waals surface area contributed by atoms with Gasteiger partial charge in [-0.1, -0.05) is 11.6 Å². The third-order valence-electron chi connectivity index (χ3n) is 3.24. The Morgan fingerprint density at radius 1 is 1.18 bits per heavy atom. The van der Waals surface area contributed by atoms with Crippen molar-refractivity contribution >= 4 is 39.8 Å². The second-order valence-corrected chi connectivity index (χ2v) is 5.18. The molecule has 1 heterocycles. The molecule has 110 valence electrons. The highest BCUT2D eigenvalue weighted by Gasteiger charge is 2.12. The first kappa shape index (κ1) is 14.2. The Labute approximate surface area is 131 Å². The third-order valence-corrected chi connectivity index (χ3v) is 3.47. The summed E-state index contributed by atoms with van der Waals surface area (Å²) >= 11 is 5.84. The number of aromatic nitrogens is 1. The largest absolute Gasteiger partial charge is 0.507 e. The van der Waals surface area contributed by atoms with Gasteiger partial charge < -0.3 is 16.2 Å². The van der Waals surface area contributed by atoms with Crippen molar-refractivity contribution in [3.05, 3.63) is 59.2 Å². The fourth-order valence-corrected chi connectivity index (χ4v) is 2.31. The number of carbonyl (C=O) groups is 1. The van der Waals surface area contributed by atoms with Crippen LogP contribution in [-0.2, 0) is 0 Å². The lowest BCUT2D eigenvalue weighted by molar-refractivity contribution is 0.102. The number of halogens is 1. The number of nitrogens with one attached hydrogen (secondary N) is 1. The Hall–Kier alpha value is -2.79. The van der Waals surface area contributed by atoms with Crippen molar-refractivity contribution in [1.82, 2.24) is 4.98 Å². The van der Waals surface area contributed by atoms with Gasteiger partial charge in [0.25, 0.3) is 5.91 Å². The van der Waals surface area contributed by atoms with Crippen LogP contribution in [0.25, 0.3) is 10.9 Å². The molecule has 0 aliphatic heterocycles. The molecule has 0 saturated heterocycles. The fraction of sp³-hybridized carbons (Fsp3) is 0. The number of anilines is 2. The highest BCUT2D eigenvalue weighted by Crippen LogP contribution is 2.25. The zero-order valence-electron chi connectivity index (χ0n) is 11.4. The molecule has 4 N–H and O–H groups in total. The Bertz CT molecular complexity index is 880. The van der Waals surface area contributed by atoms with E-state index in [1.165, 1.54) is 18.2 Å². The van der Waals surface area contributed by atoms with Crippen LogP contribution in [0.2, 0.25) is 5.02 Å². The molecule has 0 spiro atoms. The van der Waals surface area contributed by atoms with Gasteiger partial charge in [-0.3, -0.25) is 9.78 Å². The first-order valence-corrected chi connectivity index (χ1v) is 6.86. The second kappa shape index (κ2) is 5.54. The predicted octanol–water partition coefficient (Wildman–Crippen LogP) is 3.43. The number of hydrogen-bond acceptors (Lipinski definition) is 4. The normalized spacial score (nSPS) is 10.6. The number of pyridine rings is 1. The molecule has 3 aromatic rings. The number of phenolic OH excluding ortho intramolecular Hbond substituents is 1. The van der Waals surface area contributed by atoms with E-state index in [1.807, 2.05) is 0 Å². The first-order chi connectivity index (χ1) is 10.5. The maximum absolute atomic E-state index is 12.2. The Balaban J connectivity index is 1.92. The molecular weight excluding hydrogens is 302 g/mol. The molecule has 0 aliphatic carbocycles. The van der Waals surface area contributed by atoms with E-state index in [9.17, 15) is 9.90 Å². The lowest BCUT2D eigenvalue weighted by Gasteiger charge is -2.08. The number of nitrogens with zero attached hydrogens (tertiary/aromatic N) is 1. The van der Waals surface area contributed by atoms with Crippen LogP contribution in [0.15, 0.2) is 48.7 Å². The number of nitrogen functional groups attached to an aromatic ring is 1. The predicted molar refractivity (Wildman–Crippen MR) is 87.2 cm³/mol. The number of hydrogen-bond donors (Lipinski definition) is 3. The third kappa shape index (κ3) is 2.66. The number of fused-ring (bicyclic) bond motifs is 1. The lowest BCUT2D eigenvalue weighted by Crippen LogP contribution is -2.12. The molecule has 22 heavy (non-hydrogen) atoms.